The number of rotatable bonds is 6. The molecule has 1 heterocycles. The van der Waals surface area contributed by atoms with E-state index in [9.17, 15) is 25.0 Å². The molecule has 2 aromatic rings. The van der Waals surface area contributed by atoms with Gasteiger partial charge in [-0.3, -0.25) is 25.0 Å². The van der Waals surface area contributed by atoms with Gasteiger partial charge in [-0.05, 0) is 18.2 Å². The van der Waals surface area contributed by atoms with Gasteiger partial charge in [0.2, 0.25) is 0 Å². The average molecular weight is 402 g/mol. The molecule has 1 saturated heterocycles. The fourth-order valence-corrected chi connectivity index (χ4v) is 3.01. The van der Waals surface area contributed by atoms with E-state index >= 15 is 0 Å². The highest BCUT2D eigenvalue weighted by Gasteiger charge is 2.23. The Morgan fingerprint density at radius 3 is 2.45 bits per heavy atom. The number of anilines is 2. The number of carbonyl (C=O) groups excluding carboxylic acids is 1. The summed E-state index contributed by atoms with van der Waals surface area (Å²) in [6.45, 7) is 2.02. The van der Waals surface area contributed by atoms with Crippen molar-refractivity contribution in [2.75, 3.05) is 43.6 Å². The standard InChI is InChI=1S/C18H18N4O7/c1-28-17-5-2-12(10-16(17)22(26)27)19-18(23)14-11-13(21(24)25)3-4-15(14)20-6-8-29-9-7-20/h2-5,10-11H,6-9H2,1H3,(H,19,23). The molecule has 1 N–H and O–H groups in total. The predicted octanol–water partition coefficient (Wildman–Crippen LogP) is 2.60. The Balaban J connectivity index is 1.95. The molecule has 0 bridgehead atoms. The summed E-state index contributed by atoms with van der Waals surface area (Å²) < 4.78 is 10.3. The van der Waals surface area contributed by atoms with Crippen LogP contribution in [0.3, 0.4) is 0 Å². The minimum absolute atomic E-state index is 0.0531. The van der Waals surface area contributed by atoms with E-state index in [1.807, 2.05) is 4.90 Å². The van der Waals surface area contributed by atoms with Crippen molar-refractivity contribution in [1.82, 2.24) is 0 Å². The number of hydrogen-bond acceptors (Lipinski definition) is 8. The van der Waals surface area contributed by atoms with Crippen molar-refractivity contribution >= 4 is 28.7 Å². The number of benzene rings is 2. The van der Waals surface area contributed by atoms with Crippen molar-refractivity contribution in [1.29, 1.82) is 0 Å². The maximum Gasteiger partial charge on any atom is 0.312 e. The quantitative estimate of drug-likeness (QED) is 0.575. The van der Waals surface area contributed by atoms with Crippen molar-refractivity contribution in [3.8, 4) is 5.75 Å². The number of carbonyl (C=O) groups is 1. The van der Waals surface area contributed by atoms with Gasteiger partial charge in [-0.2, -0.15) is 0 Å². The van der Waals surface area contributed by atoms with E-state index in [0.717, 1.165) is 0 Å². The molecule has 0 radical (unpaired) electrons. The van der Waals surface area contributed by atoms with Crippen LogP contribution in [0, 0.1) is 20.2 Å². The zero-order valence-corrected chi connectivity index (χ0v) is 15.5. The van der Waals surface area contributed by atoms with Crippen molar-refractivity contribution in [2.45, 2.75) is 0 Å². The lowest BCUT2D eigenvalue weighted by Gasteiger charge is -2.30. The van der Waals surface area contributed by atoms with Crippen LogP contribution in [-0.2, 0) is 4.74 Å². The van der Waals surface area contributed by atoms with Gasteiger partial charge < -0.3 is 19.7 Å². The minimum atomic E-state index is -0.624. The van der Waals surface area contributed by atoms with Gasteiger partial charge in [0.05, 0.1) is 41.4 Å². The molecule has 1 aliphatic rings. The van der Waals surface area contributed by atoms with Crippen LogP contribution in [-0.4, -0.2) is 49.2 Å². The van der Waals surface area contributed by atoms with Gasteiger partial charge in [-0.15, -0.1) is 0 Å². The lowest BCUT2D eigenvalue weighted by atomic mass is 10.1. The molecular weight excluding hydrogens is 384 g/mol. The summed E-state index contributed by atoms with van der Waals surface area (Å²) in [5.74, 6) is -0.563. The van der Waals surface area contributed by atoms with Crippen LogP contribution in [0.15, 0.2) is 36.4 Å². The Labute approximate surface area is 165 Å². The van der Waals surface area contributed by atoms with Crippen LogP contribution in [0.2, 0.25) is 0 Å². The van der Waals surface area contributed by atoms with Gasteiger partial charge in [0.25, 0.3) is 11.6 Å². The smallest absolute Gasteiger partial charge is 0.312 e. The highest BCUT2D eigenvalue weighted by Crippen LogP contribution is 2.31. The maximum atomic E-state index is 12.9. The zero-order chi connectivity index (χ0) is 21.0. The van der Waals surface area contributed by atoms with Crippen LogP contribution in [0.1, 0.15) is 10.4 Å². The predicted molar refractivity (Wildman–Crippen MR) is 104 cm³/mol. The first-order chi connectivity index (χ1) is 13.9. The van der Waals surface area contributed by atoms with Crippen molar-refractivity contribution in [3.05, 3.63) is 62.2 Å². The number of nitro groups is 2. The van der Waals surface area contributed by atoms with Gasteiger partial charge in [0.15, 0.2) is 5.75 Å². The Hall–Kier alpha value is -3.73. The van der Waals surface area contributed by atoms with Crippen molar-refractivity contribution in [3.63, 3.8) is 0 Å². The first-order valence-electron chi connectivity index (χ1n) is 8.65. The molecule has 2 aromatic carbocycles. The Bertz CT molecular complexity index is 957. The zero-order valence-electron chi connectivity index (χ0n) is 15.5. The highest BCUT2D eigenvalue weighted by molar-refractivity contribution is 6.08. The number of nitrogens with zero attached hydrogens (tertiary/aromatic N) is 3. The average Bonchev–Trinajstić information content (AvgIpc) is 2.73. The highest BCUT2D eigenvalue weighted by atomic mass is 16.6. The summed E-state index contributed by atoms with van der Waals surface area (Å²) in [5.41, 5.74) is 0.256. The molecule has 11 nitrogen and oxygen atoms in total. The first-order valence-corrected chi connectivity index (χ1v) is 8.65. The number of hydrogen-bond donors (Lipinski definition) is 1. The summed E-state index contributed by atoms with van der Waals surface area (Å²) in [7, 11) is 1.30. The van der Waals surface area contributed by atoms with Crippen LogP contribution in [0.25, 0.3) is 0 Å². The van der Waals surface area contributed by atoms with E-state index in [1.165, 1.54) is 43.5 Å². The molecule has 0 atom stereocenters. The number of nitrogens with one attached hydrogen (secondary N) is 1. The summed E-state index contributed by atoms with van der Waals surface area (Å²) in [6, 6.07) is 8.04. The van der Waals surface area contributed by atoms with Crippen molar-refractivity contribution in [2.24, 2.45) is 0 Å². The third-order valence-corrected chi connectivity index (χ3v) is 4.42. The molecule has 11 heteroatoms. The lowest BCUT2D eigenvalue weighted by Crippen LogP contribution is -2.37. The Morgan fingerprint density at radius 2 is 1.83 bits per heavy atom. The number of methoxy groups -OCH3 is 1. The fourth-order valence-electron chi connectivity index (χ4n) is 3.01. The molecule has 1 fully saturated rings. The van der Waals surface area contributed by atoms with Crippen LogP contribution >= 0.6 is 0 Å². The minimum Gasteiger partial charge on any atom is -0.490 e. The number of morpholine rings is 1. The largest absolute Gasteiger partial charge is 0.490 e. The second-order valence-corrected chi connectivity index (χ2v) is 6.16. The van der Waals surface area contributed by atoms with E-state index in [-0.39, 0.29) is 28.4 Å². The molecule has 0 spiro atoms. The molecular formula is C18H18N4O7. The number of nitro benzene ring substituents is 2. The van der Waals surface area contributed by atoms with E-state index in [4.69, 9.17) is 9.47 Å². The summed E-state index contributed by atoms with van der Waals surface area (Å²) in [4.78, 5) is 35.9. The molecule has 152 valence electrons. The first kappa shape index (κ1) is 20.0. The van der Waals surface area contributed by atoms with Crippen LogP contribution in [0.4, 0.5) is 22.7 Å². The third-order valence-electron chi connectivity index (χ3n) is 4.42. The van der Waals surface area contributed by atoms with Gasteiger partial charge in [-0.1, -0.05) is 0 Å². The van der Waals surface area contributed by atoms with Crippen LogP contribution < -0.4 is 15.0 Å². The second-order valence-electron chi connectivity index (χ2n) is 6.16. The maximum absolute atomic E-state index is 12.9. The third kappa shape index (κ3) is 4.41. The second kappa shape index (κ2) is 8.52. The Morgan fingerprint density at radius 1 is 1.10 bits per heavy atom. The summed E-state index contributed by atoms with van der Waals surface area (Å²) in [5, 5.41) is 24.9. The topological polar surface area (TPSA) is 137 Å². The van der Waals surface area contributed by atoms with E-state index < -0.39 is 15.8 Å². The van der Waals surface area contributed by atoms with Crippen LogP contribution in [0.5, 0.6) is 5.75 Å². The molecule has 0 aromatic heterocycles. The fraction of sp³-hybridized carbons (Fsp3) is 0.278. The molecule has 1 amide bonds. The van der Waals surface area contributed by atoms with Gasteiger partial charge in [0.1, 0.15) is 0 Å². The van der Waals surface area contributed by atoms with Gasteiger partial charge in [-0.25, -0.2) is 0 Å². The normalized spacial score (nSPS) is 13.6. The monoisotopic (exact) mass is 402 g/mol. The molecule has 1 aliphatic heterocycles. The van der Waals surface area contributed by atoms with Crippen molar-refractivity contribution < 1.29 is 24.1 Å². The molecule has 0 aliphatic carbocycles. The van der Waals surface area contributed by atoms with E-state index in [0.29, 0.717) is 32.0 Å². The number of amides is 1. The SMILES string of the molecule is COc1ccc(NC(=O)c2cc([N+](=O)[O-])ccc2N2CCOCC2)cc1[N+](=O)[O-]. The number of ether oxygens (including phenoxy) is 2. The molecule has 29 heavy (non-hydrogen) atoms. The molecule has 0 saturated carbocycles. The van der Waals surface area contributed by atoms with Gasteiger partial charge >= 0.3 is 5.69 Å². The summed E-state index contributed by atoms with van der Waals surface area (Å²) in [6.07, 6.45) is 0. The van der Waals surface area contributed by atoms with E-state index in [2.05, 4.69) is 5.32 Å². The van der Waals surface area contributed by atoms with Gasteiger partial charge in [0, 0.05) is 37.0 Å². The molecule has 3 rings (SSSR count). The summed E-state index contributed by atoms with van der Waals surface area (Å²) >= 11 is 0. The molecule has 0 unspecified atom stereocenters. The number of non-ortho nitro benzene ring substituents is 1. The van der Waals surface area contributed by atoms with E-state index in [1.54, 1.807) is 0 Å². The lowest BCUT2D eigenvalue weighted by molar-refractivity contribution is -0.385. The Kier molecular flexibility index (Phi) is 5.88.